The molecule has 25 heavy (non-hydrogen) atoms. The van der Waals surface area contributed by atoms with Crippen LogP contribution in [0, 0.1) is 0 Å². The number of nitrogens with zero attached hydrogens (tertiary/aromatic N) is 1. The molecule has 0 aromatic heterocycles. The Balaban J connectivity index is 1.33. The van der Waals surface area contributed by atoms with Crippen molar-refractivity contribution in [1.82, 2.24) is 5.32 Å². The molecule has 3 rings (SSSR count). The molecule has 0 unspecified atom stereocenters. The highest BCUT2D eigenvalue weighted by molar-refractivity contribution is 5.49. The first kappa shape index (κ1) is 17.4. The molecule has 2 N–H and O–H groups in total. The molecule has 0 aliphatic carbocycles. The van der Waals surface area contributed by atoms with E-state index in [4.69, 9.17) is 9.47 Å². The first-order valence-corrected chi connectivity index (χ1v) is 8.92. The summed E-state index contributed by atoms with van der Waals surface area (Å²) in [7, 11) is 0. The van der Waals surface area contributed by atoms with Gasteiger partial charge in [-0.05, 0) is 49.2 Å². The minimum Gasteiger partial charge on any atom is -0.504 e. The van der Waals surface area contributed by atoms with Crippen LogP contribution in [0.3, 0.4) is 0 Å². The number of hydrogen-bond acceptors (Lipinski definition) is 5. The van der Waals surface area contributed by atoms with Gasteiger partial charge in [-0.25, -0.2) is 0 Å². The van der Waals surface area contributed by atoms with E-state index in [1.807, 2.05) is 18.2 Å². The molecule has 1 aliphatic heterocycles. The lowest BCUT2D eigenvalue weighted by Gasteiger charge is -2.29. The minimum atomic E-state index is 0.184. The van der Waals surface area contributed by atoms with Crippen molar-refractivity contribution in [2.24, 2.45) is 0 Å². The fourth-order valence-electron chi connectivity index (χ4n) is 2.83. The van der Waals surface area contributed by atoms with E-state index in [0.29, 0.717) is 19.0 Å². The lowest BCUT2D eigenvalue weighted by Crippen LogP contribution is -2.43. The van der Waals surface area contributed by atoms with Gasteiger partial charge in [-0.15, -0.1) is 0 Å². The maximum atomic E-state index is 9.62. The number of unbranched alkanes of at least 4 members (excludes halogenated alkanes) is 1. The molecule has 5 heteroatoms. The molecule has 2 aromatic carbocycles. The molecule has 2 aromatic rings. The maximum Gasteiger partial charge on any atom is 0.160 e. The average Bonchev–Trinajstić information content (AvgIpc) is 2.67. The van der Waals surface area contributed by atoms with Crippen molar-refractivity contribution in [2.45, 2.75) is 12.8 Å². The molecule has 0 amide bonds. The number of piperazine rings is 1. The third kappa shape index (κ3) is 5.29. The zero-order valence-electron chi connectivity index (χ0n) is 14.5. The van der Waals surface area contributed by atoms with E-state index in [1.54, 1.807) is 18.2 Å². The van der Waals surface area contributed by atoms with Crippen LogP contribution in [0.25, 0.3) is 0 Å². The predicted octanol–water partition coefficient (Wildman–Crippen LogP) is 3.04. The number of nitrogens with one attached hydrogen (secondary N) is 1. The molecule has 0 spiro atoms. The Morgan fingerprint density at radius 1 is 0.880 bits per heavy atom. The van der Waals surface area contributed by atoms with E-state index < -0.39 is 0 Å². The number of rotatable bonds is 8. The standard InChI is InChI=1S/C20H26N2O3/c23-19-5-1-2-6-20(19)25-16-4-3-15-24-18-9-7-17(8-10-18)22-13-11-21-12-14-22/h1-2,5-10,21,23H,3-4,11-16H2. The van der Waals surface area contributed by atoms with Crippen molar-refractivity contribution in [3.8, 4) is 17.2 Å². The van der Waals surface area contributed by atoms with Crippen LogP contribution in [0.2, 0.25) is 0 Å². The number of phenolic OH excluding ortho intramolecular Hbond substituents is 1. The second kappa shape index (κ2) is 9.18. The number of para-hydroxylation sites is 2. The van der Waals surface area contributed by atoms with E-state index >= 15 is 0 Å². The Bertz CT molecular complexity index is 640. The zero-order chi connectivity index (χ0) is 17.3. The van der Waals surface area contributed by atoms with Crippen LogP contribution in [0.15, 0.2) is 48.5 Å². The van der Waals surface area contributed by atoms with Crippen LogP contribution in [-0.4, -0.2) is 44.5 Å². The summed E-state index contributed by atoms with van der Waals surface area (Å²) in [6.45, 7) is 5.43. The Kier molecular flexibility index (Phi) is 6.40. The molecule has 0 radical (unpaired) electrons. The number of phenols is 1. The van der Waals surface area contributed by atoms with Crippen LogP contribution >= 0.6 is 0 Å². The summed E-state index contributed by atoms with van der Waals surface area (Å²) in [4.78, 5) is 2.39. The molecule has 1 heterocycles. The number of hydrogen-bond donors (Lipinski definition) is 2. The van der Waals surface area contributed by atoms with E-state index in [9.17, 15) is 5.11 Å². The topological polar surface area (TPSA) is 54.0 Å². The van der Waals surface area contributed by atoms with Crippen molar-refractivity contribution >= 4 is 5.69 Å². The number of ether oxygens (including phenoxy) is 2. The zero-order valence-corrected chi connectivity index (χ0v) is 14.5. The van der Waals surface area contributed by atoms with Gasteiger partial charge in [-0.3, -0.25) is 0 Å². The molecular weight excluding hydrogens is 316 g/mol. The summed E-state index contributed by atoms with van der Waals surface area (Å²) in [6, 6.07) is 15.4. The van der Waals surface area contributed by atoms with Gasteiger partial charge < -0.3 is 24.8 Å². The van der Waals surface area contributed by atoms with Gasteiger partial charge in [0.1, 0.15) is 5.75 Å². The van der Waals surface area contributed by atoms with Crippen LogP contribution in [0.4, 0.5) is 5.69 Å². The molecule has 1 saturated heterocycles. The molecular formula is C20H26N2O3. The second-order valence-corrected chi connectivity index (χ2v) is 6.10. The van der Waals surface area contributed by atoms with Gasteiger partial charge in [0.2, 0.25) is 0 Å². The highest BCUT2D eigenvalue weighted by Crippen LogP contribution is 2.24. The highest BCUT2D eigenvalue weighted by Gasteiger charge is 2.09. The van der Waals surface area contributed by atoms with Crippen molar-refractivity contribution in [2.75, 3.05) is 44.3 Å². The smallest absolute Gasteiger partial charge is 0.160 e. The van der Waals surface area contributed by atoms with Gasteiger partial charge in [-0.2, -0.15) is 0 Å². The average molecular weight is 342 g/mol. The normalized spacial score (nSPS) is 14.3. The first-order valence-electron chi connectivity index (χ1n) is 8.92. The Labute approximate surface area is 149 Å². The quantitative estimate of drug-likeness (QED) is 0.722. The molecule has 0 bridgehead atoms. The molecule has 134 valence electrons. The monoisotopic (exact) mass is 342 g/mol. The summed E-state index contributed by atoms with van der Waals surface area (Å²) < 4.78 is 11.3. The second-order valence-electron chi connectivity index (χ2n) is 6.10. The summed E-state index contributed by atoms with van der Waals surface area (Å²) in [5, 5.41) is 13.0. The van der Waals surface area contributed by atoms with Gasteiger partial charge in [-0.1, -0.05) is 12.1 Å². The molecule has 0 saturated carbocycles. The first-order chi connectivity index (χ1) is 12.3. The number of anilines is 1. The third-order valence-corrected chi connectivity index (χ3v) is 4.25. The molecule has 1 aliphatic rings. The van der Waals surface area contributed by atoms with Gasteiger partial charge in [0.05, 0.1) is 13.2 Å². The number of aromatic hydroxyl groups is 1. The predicted molar refractivity (Wildman–Crippen MR) is 99.9 cm³/mol. The molecule has 5 nitrogen and oxygen atoms in total. The van der Waals surface area contributed by atoms with Crippen molar-refractivity contribution in [3.05, 3.63) is 48.5 Å². The SMILES string of the molecule is Oc1ccccc1OCCCCOc1ccc(N2CCNCC2)cc1. The summed E-state index contributed by atoms with van der Waals surface area (Å²) in [6.07, 6.45) is 1.79. The van der Waals surface area contributed by atoms with Gasteiger partial charge in [0, 0.05) is 31.9 Å². The van der Waals surface area contributed by atoms with Crippen LogP contribution in [0.5, 0.6) is 17.2 Å². The summed E-state index contributed by atoms with van der Waals surface area (Å²) in [5.74, 6) is 1.62. The van der Waals surface area contributed by atoms with Crippen molar-refractivity contribution in [1.29, 1.82) is 0 Å². The van der Waals surface area contributed by atoms with Gasteiger partial charge in [0.25, 0.3) is 0 Å². The minimum absolute atomic E-state index is 0.184. The highest BCUT2D eigenvalue weighted by atomic mass is 16.5. The van der Waals surface area contributed by atoms with E-state index in [0.717, 1.165) is 44.8 Å². The summed E-state index contributed by atoms with van der Waals surface area (Å²) in [5.41, 5.74) is 1.25. The Morgan fingerprint density at radius 2 is 1.56 bits per heavy atom. The molecule has 0 atom stereocenters. The van der Waals surface area contributed by atoms with Crippen molar-refractivity contribution < 1.29 is 14.6 Å². The largest absolute Gasteiger partial charge is 0.504 e. The fraction of sp³-hybridized carbons (Fsp3) is 0.400. The fourth-order valence-corrected chi connectivity index (χ4v) is 2.83. The lowest BCUT2D eigenvalue weighted by molar-refractivity contribution is 0.260. The maximum absolute atomic E-state index is 9.62. The van der Waals surface area contributed by atoms with E-state index in [1.165, 1.54) is 5.69 Å². The van der Waals surface area contributed by atoms with Gasteiger partial charge in [0.15, 0.2) is 11.5 Å². The van der Waals surface area contributed by atoms with Crippen LogP contribution in [-0.2, 0) is 0 Å². The lowest BCUT2D eigenvalue weighted by atomic mass is 10.2. The van der Waals surface area contributed by atoms with Crippen molar-refractivity contribution in [3.63, 3.8) is 0 Å². The van der Waals surface area contributed by atoms with Gasteiger partial charge >= 0.3 is 0 Å². The Hall–Kier alpha value is -2.40. The Morgan fingerprint density at radius 3 is 2.28 bits per heavy atom. The summed E-state index contributed by atoms with van der Waals surface area (Å²) >= 11 is 0. The van der Waals surface area contributed by atoms with E-state index in [2.05, 4.69) is 22.3 Å². The molecule has 1 fully saturated rings. The third-order valence-electron chi connectivity index (χ3n) is 4.25. The van der Waals surface area contributed by atoms with Crippen LogP contribution < -0.4 is 19.7 Å². The van der Waals surface area contributed by atoms with Crippen LogP contribution in [0.1, 0.15) is 12.8 Å². The number of benzene rings is 2. The van der Waals surface area contributed by atoms with E-state index in [-0.39, 0.29) is 5.75 Å².